The number of rotatable bonds is 3. The van der Waals surface area contributed by atoms with Crippen LogP contribution in [0, 0.1) is 0 Å². The van der Waals surface area contributed by atoms with Crippen molar-refractivity contribution in [1.29, 1.82) is 0 Å². The van der Waals surface area contributed by atoms with Crippen LogP contribution < -0.4 is 10.1 Å². The molecule has 0 spiro atoms. The van der Waals surface area contributed by atoms with E-state index in [1.165, 1.54) is 6.07 Å². The smallest absolute Gasteiger partial charge is 0.260 e. The molecule has 0 bridgehead atoms. The number of carbonyl (C=O) groups excluding carboxylic acids is 1. The first-order valence-electron chi connectivity index (χ1n) is 6.85. The van der Waals surface area contributed by atoms with Gasteiger partial charge in [-0.05, 0) is 29.0 Å². The number of methoxy groups -OCH3 is 1. The van der Waals surface area contributed by atoms with Crippen LogP contribution in [0.4, 0.5) is 5.69 Å². The van der Waals surface area contributed by atoms with Gasteiger partial charge < -0.3 is 15.2 Å². The highest BCUT2D eigenvalue weighted by atomic mass is 16.5. The van der Waals surface area contributed by atoms with Gasteiger partial charge in [0.05, 0.1) is 12.7 Å². The molecule has 0 aliphatic heterocycles. The van der Waals surface area contributed by atoms with Gasteiger partial charge in [0.15, 0.2) is 0 Å². The van der Waals surface area contributed by atoms with Gasteiger partial charge in [-0.1, -0.05) is 36.4 Å². The zero-order valence-corrected chi connectivity index (χ0v) is 12.0. The molecule has 0 atom stereocenters. The second-order valence-electron chi connectivity index (χ2n) is 4.87. The number of carbonyl (C=O) groups is 1. The predicted octanol–water partition coefficient (Wildman–Crippen LogP) is 3.81. The normalized spacial score (nSPS) is 10.4. The predicted molar refractivity (Wildman–Crippen MR) is 86.6 cm³/mol. The number of hydrogen-bond donors (Lipinski definition) is 2. The minimum absolute atomic E-state index is 0.0425. The summed E-state index contributed by atoms with van der Waals surface area (Å²) in [5, 5.41) is 14.5. The van der Waals surface area contributed by atoms with Gasteiger partial charge in [-0.2, -0.15) is 0 Å². The summed E-state index contributed by atoms with van der Waals surface area (Å²) in [5.74, 6) is 0.251. The Hall–Kier alpha value is -3.01. The summed E-state index contributed by atoms with van der Waals surface area (Å²) < 4.78 is 5.14. The quantitative estimate of drug-likeness (QED) is 0.772. The van der Waals surface area contributed by atoms with Gasteiger partial charge in [0.1, 0.15) is 11.5 Å². The second-order valence-corrected chi connectivity index (χ2v) is 4.87. The lowest BCUT2D eigenvalue weighted by Crippen LogP contribution is -2.12. The Morgan fingerprint density at radius 1 is 1.05 bits per heavy atom. The summed E-state index contributed by atoms with van der Waals surface area (Å²) in [7, 11) is 1.57. The molecular formula is C18H15NO3. The highest BCUT2D eigenvalue weighted by Gasteiger charge is 2.15. The van der Waals surface area contributed by atoms with Crippen molar-refractivity contribution in [2.45, 2.75) is 0 Å². The van der Waals surface area contributed by atoms with E-state index in [9.17, 15) is 9.90 Å². The van der Waals surface area contributed by atoms with Crippen molar-refractivity contribution >= 4 is 22.4 Å². The average Bonchev–Trinajstić information content (AvgIpc) is 2.54. The molecule has 110 valence electrons. The fraction of sp³-hybridized carbons (Fsp3) is 0.0556. The topological polar surface area (TPSA) is 58.6 Å². The van der Waals surface area contributed by atoms with Crippen LogP contribution in [0.5, 0.6) is 11.5 Å². The van der Waals surface area contributed by atoms with Crippen molar-refractivity contribution in [3.05, 3.63) is 66.2 Å². The minimum atomic E-state index is -0.359. The monoisotopic (exact) mass is 293 g/mol. The zero-order valence-electron chi connectivity index (χ0n) is 12.0. The number of anilines is 1. The lowest BCUT2D eigenvalue weighted by atomic mass is 10.0. The summed E-state index contributed by atoms with van der Waals surface area (Å²) >= 11 is 0. The summed E-state index contributed by atoms with van der Waals surface area (Å²) in [4.78, 5) is 12.5. The van der Waals surface area contributed by atoms with Crippen LogP contribution in [0.3, 0.4) is 0 Å². The number of benzene rings is 3. The molecule has 0 aliphatic rings. The van der Waals surface area contributed by atoms with Gasteiger partial charge in [-0.3, -0.25) is 4.79 Å². The molecule has 4 heteroatoms. The van der Waals surface area contributed by atoms with Gasteiger partial charge in [0.25, 0.3) is 5.91 Å². The fourth-order valence-electron chi connectivity index (χ4n) is 2.39. The van der Waals surface area contributed by atoms with Gasteiger partial charge in [0.2, 0.25) is 0 Å². The van der Waals surface area contributed by atoms with Crippen molar-refractivity contribution in [3.8, 4) is 11.5 Å². The Labute approximate surface area is 128 Å². The third-order valence-electron chi connectivity index (χ3n) is 3.46. The maximum Gasteiger partial charge on any atom is 0.260 e. The van der Waals surface area contributed by atoms with Crippen LogP contribution in [0.2, 0.25) is 0 Å². The highest BCUT2D eigenvalue weighted by molar-refractivity contribution is 6.14. The van der Waals surface area contributed by atoms with Crippen molar-refractivity contribution in [1.82, 2.24) is 0 Å². The standard InChI is InChI=1S/C18H15NO3/c1-22-14-7-4-6-13(11-14)19-18(21)17-15-8-3-2-5-12(15)9-10-16(17)20/h2-11,20H,1H3,(H,19,21). The molecule has 2 N–H and O–H groups in total. The van der Waals surface area contributed by atoms with Gasteiger partial charge in [-0.25, -0.2) is 0 Å². The molecule has 0 unspecified atom stereocenters. The minimum Gasteiger partial charge on any atom is -0.507 e. The largest absolute Gasteiger partial charge is 0.507 e. The first-order chi connectivity index (χ1) is 10.7. The maximum atomic E-state index is 12.5. The molecule has 0 aromatic heterocycles. The van der Waals surface area contributed by atoms with Gasteiger partial charge in [0, 0.05) is 11.8 Å². The van der Waals surface area contributed by atoms with Gasteiger partial charge in [-0.15, -0.1) is 0 Å². The third kappa shape index (κ3) is 2.59. The highest BCUT2D eigenvalue weighted by Crippen LogP contribution is 2.28. The van der Waals surface area contributed by atoms with Crippen molar-refractivity contribution in [3.63, 3.8) is 0 Å². The van der Waals surface area contributed by atoms with E-state index in [1.807, 2.05) is 24.3 Å². The number of hydrogen-bond acceptors (Lipinski definition) is 3. The average molecular weight is 293 g/mol. The first kappa shape index (κ1) is 13.9. The fourth-order valence-corrected chi connectivity index (χ4v) is 2.39. The molecule has 0 saturated carbocycles. The van der Waals surface area contributed by atoms with Crippen LogP contribution in [0.15, 0.2) is 60.7 Å². The molecule has 4 nitrogen and oxygen atoms in total. The van der Waals surface area contributed by atoms with Crippen molar-refractivity contribution < 1.29 is 14.6 Å². The lowest BCUT2D eigenvalue weighted by Gasteiger charge is -2.10. The number of aromatic hydroxyl groups is 1. The Bertz CT molecular complexity index is 843. The molecule has 0 fully saturated rings. The van der Waals surface area contributed by atoms with E-state index < -0.39 is 0 Å². The second kappa shape index (κ2) is 5.77. The van der Waals surface area contributed by atoms with Crippen LogP contribution >= 0.6 is 0 Å². The van der Waals surface area contributed by atoms with Crippen LogP contribution in [0.25, 0.3) is 10.8 Å². The summed E-state index contributed by atoms with van der Waals surface area (Å²) in [5.41, 5.74) is 0.873. The van der Waals surface area contributed by atoms with E-state index in [1.54, 1.807) is 37.4 Å². The number of phenols is 1. The molecule has 0 heterocycles. The zero-order chi connectivity index (χ0) is 15.5. The molecule has 22 heavy (non-hydrogen) atoms. The first-order valence-corrected chi connectivity index (χ1v) is 6.85. The summed E-state index contributed by atoms with van der Waals surface area (Å²) in [6.45, 7) is 0. The van der Waals surface area contributed by atoms with Crippen LogP contribution in [0.1, 0.15) is 10.4 Å². The van der Waals surface area contributed by atoms with Crippen molar-refractivity contribution in [2.75, 3.05) is 12.4 Å². The van der Waals surface area contributed by atoms with E-state index in [4.69, 9.17) is 4.74 Å². The number of fused-ring (bicyclic) bond motifs is 1. The number of amides is 1. The van der Waals surface area contributed by atoms with Gasteiger partial charge >= 0.3 is 0 Å². The Morgan fingerprint density at radius 3 is 2.68 bits per heavy atom. The molecule has 3 aromatic carbocycles. The van der Waals surface area contributed by atoms with Crippen molar-refractivity contribution in [2.24, 2.45) is 0 Å². The van der Waals surface area contributed by atoms with E-state index in [-0.39, 0.29) is 17.2 Å². The molecule has 3 aromatic rings. The third-order valence-corrected chi connectivity index (χ3v) is 3.46. The molecule has 3 rings (SSSR count). The van der Waals surface area contributed by atoms with Crippen LogP contribution in [-0.2, 0) is 0 Å². The Balaban J connectivity index is 2.00. The Morgan fingerprint density at radius 2 is 1.86 bits per heavy atom. The van der Waals surface area contributed by atoms with E-state index in [0.29, 0.717) is 16.8 Å². The number of phenolic OH excluding ortho intramolecular Hbond substituents is 1. The molecule has 1 amide bonds. The SMILES string of the molecule is COc1cccc(NC(=O)c2c(O)ccc3ccccc23)c1. The van der Waals surface area contributed by atoms with E-state index in [2.05, 4.69) is 5.32 Å². The summed E-state index contributed by atoms with van der Waals surface area (Å²) in [6.07, 6.45) is 0. The molecule has 0 radical (unpaired) electrons. The number of ether oxygens (including phenoxy) is 1. The van der Waals surface area contributed by atoms with E-state index >= 15 is 0 Å². The molecule has 0 aliphatic carbocycles. The number of nitrogens with one attached hydrogen (secondary N) is 1. The Kier molecular flexibility index (Phi) is 3.66. The van der Waals surface area contributed by atoms with E-state index in [0.717, 1.165) is 5.39 Å². The lowest BCUT2D eigenvalue weighted by molar-refractivity contribution is 0.102. The maximum absolute atomic E-state index is 12.5. The molecular weight excluding hydrogens is 278 g/mol. The molecule has 0 saturated heterocycles. The van der Waals surface area contributed by atoms with Crippen LogP contribution in [-0.4, -0.2) is 18.1 Å². The summed E-state index contributed by atoms with van der Waals surface area (Å²) in [6, 6.07) is 17.8.